The Hall–Kier alpha value is -1.39. The number of aromatic nitrogens is 2. The van der Waals surface area contributed by atoms with Gasteiger partial charge in [0.15, 0.2) is 0 Å². The second kappa shape index (κ2) is 5.29. The summed E-state index contributed by atoms with van der Waals surface area (Å²) in [5.41, 5.74) is 1.44. The van der Waals surface area contributed by atoms with Crippen LogP contribution in [0.5, 0.6) is 0 Å². The van der Waals surface area contributed by atoms with Gasteiger partial charge in [-0.1, -0.05) is 17.7 Å². The second-order valence-corrected chi connectivity index (χ2v) is 4.23. The van der Waals surface area contributed by atoms with Crippen LogP contribution in [-0.2, 0) is 6.54 Å². The average Bonchev–Trinajstić information content (AvgIpc) is 2.79. The fourth-order valence-corrected chi connectivity index (χ4v) is 2.00. The fraction of sp³-hybridized carbons (Fsp3) is 0.250. The Morgan fingerprint density at radius 1 is 1.47 bits per heavy atom. The number of rotatable bonds is 4. The SMILES string of the molecule is CC(NCc1ccn[nH]1)c1c(F)cccc1Cl. The van der Waals surface area contributed by atoms with Crippen LogP contribution in [0.2, 0.25) is 5.02 Å². The predicted molar refractivity (Wildman–Crippen MR) is 65.3 cm³/mol. The Bertz CT molecular complexity index is 464. The molecule has 0 aliphatic carbocycles. The normalized spacial score (nSPS) is 12.6. The lowest BCUT2D eigenvalue weighted by molar-refractivity contribution is 0.524. The summed E-state index contributed by atoms with van der Waals surface area (Å²) in [6, 6.07) is 6.40. The van der Waals surface area contributed by atoms with Crippen LogP contribution in [0.4, 0.5) is 4.39 Å². The monoisotopic (exact) mass is 253 g/mol. The van der Waals surface area contributed by atoms with E-state index in [4.69, 9.17) is 11.6 Å². The van der Waals surface area contributed by atoms with Gasteiger partial charge in [0.05, 0.1) is 0 Å². The molecule has 0 aliphatic heterocycles. The van der Waals surface area contributed by atoms with Gasteiger partial charge < -0.3 is 5.32 Å². The van der Waals surface area contributed by atoms with Crippen LogP contribution in [0.3, 0.4) is 0 Å². The van der Waals surface area contributed by atoms with Crippen LogP contribution < -0.4 is 5.32 Å². The van der Waals surface area contributed by atoms with Gasteiger partial charge in [0.1, 0.15) is 5.82 Å². The topological polar surface area (TPSA) is 40.7 Å². The molecule has 90 valence electrons. The molecule has 1 aromatic heterocycles. The molecule has 2 N–H and O–H groups in total. The van der Waals surface area contributed by atoms with Crippen molar-refractivity contribution in [2.24, 2.45) is 0 Å². The molecule has 0 aliphatic rings. The Balaban J connectivity index is 2.07. The summed E-state index contributed by atoms with van der Waals surface area (Å²) in [5.74, 6) is -0.290. The highest BCUT2D eigenvalue weighted by Crippen LogP contribution is 2.25. The third kappa shape index (κ3) is 2.84. The first-order valence-electron chi connectivity index (χ1n) is 5.34. The van der Waals surface area contributed by atoms with Crippen molar-refractivity contribution in [1.29, 1.82) is 0 Å². The van der Waals surface area contributed by atoms with Crippen molar-refractivity contribution in [3.63, 3.8) is 0 Å². The molecule has 1 heterocycles. The highest BCUT2D eigenvalue weighted by Gasteiger charge is 2.14. The smallest absolute Gasteiger partial charge is 0.129 e. The largest absolute Gasteiger partial charge is 0.304 e. The number of halogens is 2. The van der Waals surface area contributed by atoms with Gasteiger partial charge in [0.2, 0.25) is 0 Å². The van der Waals surface area contributed by atoms with Crippen molar-refractivity contribution in [2.45, 2.75) is 19.5 Å². The highest BCUT2D eigenvalue weighted by molar-refractivity contribution is 6.31. The van der Waals surface area contributed by atoms with Crippen molar-refractivity contribution in [2.75, 3.05) is 0 Å². The summed E-state index contributed by atoms with van der Waals surface area (Å²) < 4.78 is 13.6. The van der Waals surface area contributed by atoms with Gasteiger partial charge in [-0.05, 0) is 25.1 Å². The van der Waals surface area contributed by atoms with Crippen LogP contribution in [0.15, 0.2) is 30.5 Å². The van der Waals surface area contributed by atoms with Crippen LogP contribution in [0, 0.1) is 5.82 Å². The average molecular weight is 254 g/mol. The molecule has 0 radical (unpaired) electrons. The third-order valence-corrected chi connectivity index (χ3v) is 2.92. The first-order chi connectivity index (χ1) is 8.18. The molecule has 1 atom stereocenters. The molecule has 3 nitrogen and oxygen atoms in total. The molecule has 1 aromatic carbocycles. The van der Waals surface area contributed by atoms with Crippen LogP contribution in [0.1, 0.15) is 24.2 Å². The van der Waals surface area contributed by atoms with Gasteiger partial charge in [-0.25, -0.2) is 4.39 Å². The van der Waals surface area contributed by atoms with Crippen LogP contribution >= 0.6 is 11.6 Å². The summed E-state index contributed by atoms with van der Waals surface area (Å²) in [6.45, 7) is 2.46. The zero-order valence-corrected chi connectivity index (χ0v) is 10.1. The van der Waals surface area contributed by atoms with E-state index in [0.29, 0.717) is 17.1 Å². The maximum atomic E-state index is 13.6. The zero-order chi connectivity index (χ0) is 12.3. The molecule has 0 saturated carbocycles. The van der Waals surface area contributed by atoms with E-state index in [2.05, 4.69) is 15.5 Å². The Kier molecular flexibility index (Phi) is 3.76. The van der Waals surface area contributed by atoms with E-state index < -0.39 is 0 Å². The molecular weight excluding hydrogens is 241 g/mol. The number of benzene rings is 1. The maximum Gasteiger partial charge on any atom is 0.129 e. The lowest BCUT2D eigenvalue weighted by Gasteiger charge is -2.15. The standard InChI is InChI=1S/C12H13ClFN3/c1-8(15-7-9-5-6-16-17-9)12-10(13)3-2-4-11(12)14/h2-6,8,15H,7H2,1H3,(H,16,17). The van der Waals surface area contributed by atoms with E-state index in [1.165, 1.54) is 6.07 Å². The van der Waals surface area contributed by atoms with E-state index in [-0.39, 0.29) is 11.9 Å². The number of nitrogens with zero attached hydrogens (tertiary/aromatic N) is 1. The Labute approximate surface area is 104 Å². The summed E-state index contributed by atoms with van der Waals surface area (Å²) in [4.78, 5) is 0. The Morgan fingerprint density at radius 3 is 2.94 bits per heavy atom. The van der Waals surface area contributed by atoms with E-state index in [9.17, 15) is 4.39 Å². The van der Waals surface area contributed by atoms with Gasteiger partial charge in [-0.3, -0.25) is 5.10 Å². The van der Waals surface area contributed by atoms with Crippen molar-refractivity contribution in [1.82, 2.24) is 15.5 Å². The van der Waals surface area contributed by atoms with Gasteiger partial charge in [0.25, 0.3) is 0 Å². The molecule has 0 spiro atoms. The van der Waals surface area contributed by atoms with E-state index in [1.54, 1.807) is 18.3 Å². The first-order valence-corrected chi connectivity index (χ1v) is 5.72. The number of aromatic amines is 1. The molecule has 2 aromatic rings. The maximum absolute atomic E-state index is 13.6. The molecule has 5 heteroatoms. The minimum Gasteiger partial charge on any atom is -0.304 e. The molecule has 1 unspecified atom stereocenters. The quantitative estimate of drug-likeness (QED) is 0.879. The molecule has 0 bridgehead atoms. The molecule has 17 heavy (non-hydrogen) atoms. The second-order valence-electron chi connectivity index (χ2n) is 3.82. The zero-order valence-electron chi connectivity index (χ0n) is 9.37. The lowest BCUT2D eigenvalue weighted by Crippen LogP contribution is -2.19. The minimum absolute atomic E-state index is 0.160. The van der Waals surface area contributed by atoms with Crippen LogP contribution in [0.25, 0.3) is 0 Å². The van der Waals surface area contributed by atoms with Crippen molar-refractivity contribution < 1.29 is 4.39 Å². The predicted octanol–water partition coefficient (Wildman–Crippen LogP) is 3.05. The number of hydrogen-bond acceptors (Lipinski definition) is 2. The highest BCUT2D eigenvalue weighted by atomic mass is 35.5. The van der Waals surface area contributed by atoms with E-state index in [0.717, 1.165) is 5.69 Å². The molecule has 0 amide bonds. The summed E-state index contributed by atoms with van der Waals surface area (Å²) in [6.07, 6.45) is 1.68. The molecule has 0 fully saturated rings. The van der Waals surface area contributed by atoms with E-state index in [1.807, 2.05) is 13.0 Å². The Morgan fingerprint density at radius 2 is 2.29 bits per heavy atom. The molecule has 2 rings (SSSR count). The molecule has 0 saturated heterocycles. The van der Waals surface area contributed by atoms with Gasteiger partial charge in [-0.2, -0.15) is 5.10 Å². The number of nitrogens with one attached hydrogen (secondary N) is 2. The van der Waals surface area contributed by atoms with Gasteiger partial charge >= 0.3 is 0 Å². The number of hydrogen-bond donors (Lipinski definition) is 2. The van der Waals surface area contributed by atoms with Crippen molar-refractivity contribution in [3.05, 3.63) is 52.6 Å². The summed E-state index contributed by atoms with van der Waals surface area (Å²) >= 11 is 5.98. The molecular formula is C12H13ClFN3. The summed E-state index contributed by atoms with van der Waals surface area (Å²) in [7, 11) is 0. The van der Waals surface area contributed by atoms with Crippen molar-refractivity contribution in [3.8, 4) is 0 Å². The van der Waals surface area contributed by atoms with E-state index >= 15 is 0 Å². The summed E-state index contributed by atoms with van der Waals surface area (Å²) in [5, 5.41) is 10.3. The number of H-pyrrole nitrogens is 1. The van der Waals surface area contributed by atoms with Crippen molar-refractivity contribution >= 4 is 11.6 Å². The fourth-order valence-electron chi connectivity index (χ4n) is 1.67. The third-order valence-electron chi connectivity index (χ3n) is 2.59. The van der Waals surface area contributed by atoms with Gasteiger partial charge in [-0.15, -0.1) is 0 Å². The minimum atomic E-state index is -0.290. The van der Waals surface area contributed by atoms with Crippen LogP contribution in [-0.4, -0.2) is 10.2 Å². The first kappa shape index (κ1) is 12.1. The lowest BCUT2D eigenvalue weighted by atomic mass is 10.1. The van der Waals surface area contributed by atoms with Gasteiger partial charge in [0, 0.05) is 35.1 Å².